The van der Waals surface area contributed by atoms with Gasteiger partial charge in [-0.25, -0.2) is 9.59 Å². The fourth-order valence-corrected chi connectivity index (χ4v) is 3.41. The van der Waals surface area contributed by atoms with Gasteiger partial charge in [-0.2, -0.15) is 0 Å². The van der Waals surface area contributed by atoms with Crippen LogP contribution < -0.4 is 21.3 Å². The van der Waals surface area contributed by atoms with Crippen molar-refractivity contribution in [1.82, 2.24) is 9.13 Å². The maximum absolute atomic E-state index is 12.8. The highest BCUT2D eigenvalue weighted by Gasteiger charge is 2.11. The van der Waals surface area contributed by atoms with Crippen LogP contribution in [0.25, 0.3) is 0 Å². The van der Waals surface area contributed by atoms with E-state index in [0.29, 0.717) is 28.0 Å². The van der Waals surface area contributed by atoms with Gasteiger partial charge in [-0.15, -0.1) is 0 Å². The average molecular weight is 478 g/mol. The molecule has 0 saturated carbocycles. The van der Waals surface area contributed by atoms with Crippen LogP contribution in [0, 0.1) is 0 Å². The van der Waals surface area contributed by atoms with Crippen molar-refractivity contribution in [3.8, 4) is 11.5 Å². The lowest BCUT2D eigenvalue weighted by Gasteiger charge is -2.16. The van der Waals surface area contributed by atoms with Crippen LogP contribution in [-0.2, 0) is 13.6 Å². The summed E-state index contributed by atoms with van der Waals surface area (Å²) in [6.07, 6.45) is 0. The van der Waals surface area contributed by atoms with E-state index in [4.69, 9.17) is 21.4 Å². The molecular weight excluding hydrogens is 458 g/mol. The van der Waals surface area contributed by atoms with Crippen molar-refractivity contribution in [3.63, 3.8) is 0 Å². The summed E-state index contributed by atoms with van der Waals surface area (Å²) in [7, 11) is 1.43. The highest BCUT2D eigenvalue weighted by atomic mass is 35.5. The van der Waals surface area contributed by atoms with Gasteiger partial charge in [-0.1, -0.05) is 29.8 Å². The zero-order chi connectivity index (χ0) is 24.2. The van der Waals surface area contributed by atoms with E-state index >= 15 is 0 Å². The van der Waals surface area contributed by atoms with Crippen molar-refractivity contribution in [2.45, 2.75) is 6.54 Å². The zero-order valence-electron chi connectivity index (χ0n) is 18.1. The van der Waals surface area contributed by atoms with Gasteiger partial charge in [-0.3, -0.25) is 13.9 Å². The largest absolute Gasteiger partial charge is 0.478 e. The molecule has 8 nitrogen and oxygen atoms in total. The lowest BCUT2D eigenvalue weighted by atomic mass is 10.2. The number of carboxylic acid groups (broad SMARTS) is 1. The van der Waals surface area contributed by atoms with E-state index in [1.54, 1.807) is 48.5 Å². The van der Waals surface area contributed by atoms with Crippen molar-refractivity contribution in [2.75, 3.05) is 5.32 Å². The number of carboxylic acids is 1. The van der Waals surface area contributed by atoms with Crippen LogP contribution in [0.3, 0.4) is 0 Å². The van der Waals surface area contributed by atoms with Gasteiger partial charge in [0.25, 0.3) is 5.56 Å². The first-order chi connectivity index (χ1) is 16.3. The van der Waals surface area contributed by atoms with Crippen molar-refractivity contribution in [2.24, 2.45) is 7.05 Å². The molecule has 0 amide bonds. The Hall–Kier alpha value is -4.30. The molecule has 0 unspecified atom stereocenters. The van der Waals surface area contributed by atoms with E-state index in [0.717, 1.165) is 10.1 Å². The van der Waals surface area contributed by atoms with E-state index in [1.807, 2.05) is 12.1 Å². The third kappa shape index (κ3) is 5.19. The number of benzene rings is 3. The third-order valence-electron chi connectivity index (χ3n) is 5.10. The normalized spacial score (nSPS) is 10.6. The summed E-state index contributed by atoms with van der Waals surface area (Å²) < 4.78 is 8.24. The van der Waals surface area contributed by atoms with Crippen molar-refractivity contribution in [3.05, 3.63) is 116 Å². The third-order valence-corrected chi connectivity index (χ3v) is 5.35. The summed E-state index contributed by atoms with van der Waals surface area (Å²) >= 11 is 5.95. The maximum Gasteiger partial charge on any atom is 0.335 e. The molecule has 172 valence electrons. The van der Waals surface area contributed by atoms with Gasteiger partial charge in [0, 0.05) is 23.8 Å². The molecule has 0 aliphatic carbocycles. The number of halogens is 1. The molecule has 0 saturated heterocycles. The fraction of sp³-hybridized carbons (Fsp3) is 0.0800. The maximum atomic E-state index is 12.8. The van der Waals surface area contributed by atoms with E-state index in [2.05, 4.69) is 5.32 Å². The van der Waals surface area contributed by atoms with Crippen LogP contribution in [0.1, 0.15) is 15.9 Å². The lowest BCUT2D eigenvalue weighted by molar-refractivity contribution is 0.0696. The summed E-state index contributed by atoms with van der Waals surface area (Å²) in [6.45, 7) is 0.244. The Bertz CT molecular complexity index is 1460. The minimum Gasteiger partial charge on any atom is -0.478 e. The molecule has 0 atom stereocenters. The zero-order valence-corrected chi connectivity index (χ0v) is 18.8. The number of hydrogen-bond donors (Lipinski definition) is 2. The minimum absolute atomic E-state index is 0.125. The summed E-state index contributed by atoms with van der Waals surface area (Å²) in [4.78, 5) is 36.2. The van der Waals surface area contributed by atoms with Crippen LogP contribution in [0.2, 0.25) is 5.02 Å². The Morgan fingerprint density at radius 3 is 2.35 bits per heavy atom. The molecule has 2 N–H and O–H groups in total. The van der Waals surface area contributed by atoms with E-state index in [9.17, 15) is 14.4 Å². The Kier molecular flexibility index (Phi) is 6.51. The highest BCUT2D eigenvalue weighted by molar-refractivity contribution is 6.30. The van der Waals surface area contributed by atoms with Gasteiger partial charge in [0.05, 0.1) is 12.1 Å². The first-order valence-electron chi connectivity index (χ1n) is 10.2. The smallest absolute Gasteiger partial charge is 0.335 e. The van der Waals surface area contributed by atoms with E-state index < -0.39 is 17.2 Å². The Morgan fingerprint density at radius 2 is 1.68 bits per heavy atom. The van der Waals surface area contributed by atoms with Crippen LogP contribution in [0.15, 0.2) is 88.5 Å². The molecule has 34 heavy (non-hydrogen) atoms. The summed E-state index contributed by atoms with van der Waals surface area (Å²) in [5, 5.41) is 12.8. The second-order valence-electron chi connectivity index (χ2n) is 7.51. The second-order valence-corrected chi connectivity index (χ2v) is 7.94. The van der Waals surface area contributed by atoms with E-state index in [-0.39, 0.29) is 12.1 Å². The summed E-state index contributed by atoms with van der Waals surface area (Å²) in [5.74, 6) is 0.189. The van der Waals surface area contributed by atoms with Crippen LogP contribution >= 0.6 is 11.6 Å². The minimum atomic E-state index is -1.04. The van der Waals surface area contributed by atoms with Crippen molar-refractivity contribution < 1.29 is 14.6 Å². The van der Waals surface area contributed by atoms with Gasteiger partial charge >= 0.3 is 11.7 Å². The topological polar surface area (TPSA) is 103 Å². The molecule has 1 aromatic heterocycles. The number of hydrogen-bond acceptors (Lipinski definition) is 5. The molecule has 3 aromatic carbocycles. The Balaban J connectivity index is 1.58. The highest BCUT2D eigenvalue weighted by Crippen LogP contribution is 2.25. The Morgan fingerprint density at radius 1 is 0.971 bits per heavy atom. The monoisotopic (exact) mass is 477 g/mol. The Labute approximate surface area is 199 Å². The van der Waals surface area contributed by atoms with Crippen LogP contribution in [0.4, 0.5) is 11.5 Å². The molecule has 0 aliphatic rings. The average Bonchev–Trinajstić information content (AvgIpc) is 2.83. The fourth-order valence-electron chi connectivity index (χ4n) is 3.28. The molecule has 0 aliphatic heterocycles. The van der Waals surface area contributed by atoms with Gasteiger partial charge < -0.3 is 15.2 Å². The number of nitrogens with zero attached hydrogens (tertiary/aromatic N) is 2. The molecule has 4 aromatic rings. The molecule has 1 heterocycles. The molecule has 0 spiro atoms. The van der Waals surface area contributed by atoms with Crippen LogP contribution in [0.5, 0.6) is 11.5 Å². The van der Waals surface area contributed by atoms with E-state index in [1.165, 1.54) is 29.8 Å². The SMILES string of the molecule is Cn1c(=O)cc(Nc2ccc(Oc3cccc(C(=O)O)c3)cc2)n(Cc2ccc(Cl)cc2)c1=O. The first kappa shape index (κ1) is 22.9. The first-order valence-corrected chi connectivity index (χ1v) is 10.6. The van der Waals surface area contributed by atoms with Crippen LogP contribution in [-0.4, -0.2) is 20.2 Å². The quantitative estimate of drug-likeness (QED) is 0.407. The number of anilines is 2. The predicted octanol–water partition coefficient (Wildman–Crippen LogP) is 4.48. The summed E-state index contributed by atoms with van der Waals surface area (Å²) in [6, 6.07) is 21.5. The molecule has 0 fully saturated rings. The number of ether oxygens (including phenoxy) is 1. The van der Waals surface area contributed by atoms with Crippen molar-refractivity contribution in [1.29, 1.82) is 0 Å². The molecule has 9 heteroatoms. The standard InChI is InChI=1S/C25H20ClN3O5/c1-28-23(30)14-22(29(25(28)33)15-16-5-7-18(26)8-6-16)27-19-9-11-20(12-10-19)34-21-4-2-3-17(13-21)24(31)32/h2-14,27H,15H2,1H3,(H,31,32). The molecular formula is C25H20ClN3O5. The number of carbonyl (C=O) groups is 1. The number of aromatic nitrogens is 2. The summed E-state index contributed by atoms with van der Waals surface area (Å²) in [5.41, 5.74) is 0.714. The number of aromatic carboxylic acids is 1. The molecule has 0 bridgehead atoms. The number of nitrogens with one attached hydrogen (secondary N) is 1. The number of rotatable bonds is 7. The predicted molar refractivity (Wildman–Crippen MR) is 130 cm³/mol. The van der Waals surface area contributed by atoms with Gasteiger partial charge in [0.2, 0.25) is 0 Å². The molecule has 4 rings (SSSR count). The van der Waals surface area contributed by atoms with Gasteiger partial charge in [0.15, 0.2) is 0 Å². The van der Waals surface area contributed by atoms with Gasteiger partial charge in [-0.05, 0) is 60.2 Å². The van der Waals surface area contributed by atoms with Gasteiger partial charge in [0.1, 0.15) is 17.3 Å². The molecule has 0 radical (unpaired) electrons. The van der Waals surface area contributed by atoms with Crippen molar-refractivity contribution >= 4 is 29.1 Å². The second kappa shape index (κ2) is 9.68. The lowest BCUT2D eigenvalue weighted by Crippen LogP contribution is -2.38.